The van der Waals surface area contributed by atoms with Crippen LogP contribution in [0.15, 0.2) is 102 Å². The molecule has 6 rings (SSSR count). The van der Waals surface area contributed by atoms with Crippen LogP contribution in [0, 0.1) is 16.7 Å². The molecule has 2 unspecified atom stereocenters. The predicted octanol–water partition coefficient (Wildman–Crippen LogP) is 5.58. The lowest BCUT2D eigenvalue weighted by atomic mass is 9.70. The minimum atomic E-state index is -1.40. The first-order valence-corrected chi connectivity index (χ1v) is 11.6. The van der Waals surface area contributed by atoms with Crippen molar-refractivity contribution in [2.45, 2.75) is 25.5 Å². The van der Waals surface area contributed by atoms with E-state index in [1.807, 2.05) is 89.6 Å². The summed E-state index contributed by atoms with van der Waals surface area (Å²) in [6.45, 7) is 0.628. The van der Waals surface area contributed by atoms with Gasteiger partial charge in [0.2, 0.25) is 0 Å². The number of carbonyl (C=O) groups is 2. The molecule has 1 aliphatic carbocycles. The number of carbonyl (C=O) groups excluding carboxylic acids is 2. The average Bonchev–Trinajstić information content (AvgIpc) is 3.58. The highest BCUT2D eigenvalue weighted by molar-refractivity contribution is 6.08. The van der Waals surface area contributed by atoms with Crippen LogP contribution in [0.1, 0.15) is 34.0 Å². The van der Waals surface area contributed by atoms with E-state index in [2.05, 4.69) is 6.07 Å². The third kappa shape index (κ3) is 3.30. The van der Waals surface area contributed by atoms with E-state index in [9.17, 15) is 14.9 Å². The second-order valence-electron chi connectivity index (χ2n) is 9.21. The van der Waals surface area contributed by atoms with Gasteiger partial charge in [0.15, 0.2) is 5.78 Å². The summed E-state index contributed by atoms with van der Waals surface area (Å²) in [6.07, 6.45) is 1.98. The third-order valence-electron chi connectivity index (χ3n) is 7.26. The predicted molar refractivity (Wildman–Crippen MR) is 131 cm³/mol. The lowest BCUT2D eigenvalue weighted by Gasteiger charge is -2.26. The summed E-state index contributed by atoms with van der Waals surface area (Å²) in [5.74, 6) is -1.18. The topological polar surface area (TPSA) is 72.1 Å². The van der Waals surface area contributed by atoms with Crippen molar-refractivity contribution in [3.8, 4) is 6.07 Å². The number of ketones is 1. The zero-order chi connectivity index (χ0) is 24.0. The lowest BCUT2D eigenvalue weighted by Crippen LogP contribution is -2.33. The summed E-state index contributed by atoms with van der Waals surface area (Å²) in [7, 11) is 0. The van der Waals surface area contributed by atoms with Crippen molar-refractivity contribution in [1.29, 1.82) is 5.26 Å². The van der Waals surface area contributed by atoms with Crippen molar-refractivity contribution in [3.63, 3.8) is 0 Å². The number of rotatable bonds is 5. The van der Waals surface area contributed by atoms with Crippen LogP contribution in [0.2, 0.25) is 0 Å². The van der Waals surface area contributed by atoms with Crippen molar-refractivity contribution in [1.82, 2.24) is 4.57 Å². The SMILES string of the molecule is N#CC1(C(=O)c2ccc3ccccc3c2)CC(C(=O)OCc2ccccc2)=C2Cn3cccc3C21. The number of fused-ring (bicyclic) bond motifs is 4. The highest BCUT2D eigenvalue weighted by Crippen LogP contribution is 2.57. The van der Waals surface area contributed by atoms with E-state index in [0.29, 0.717) is 17.7 Å². The molecule has 1 aromatic heterocycles. The van der Waals surface area contributed by atoms with Crippen LogP contribution in [0.3, 0.4) is 0 Å². The molecule has 2 atom stereocenters. The fraction of sp³-hybridized carbons (Fsp3) is 0.167. The smallest absolute Gasteiger partial charge is 0.334 e. The molecule has 0 N–H and O–H groups in total. The van der Waals surface area contributed by atoms with Gasteiger partial charge in [-0.15, -0.1) is 0 Å². The Hall–Kier alpha value is -4.43. The molecule has 1 aliphatic heterocycles. The van der Waals surface area contributed by atoms with Crippen molar-refractivity contribution in [3.05, 3.63) is 119 Å². The number of nitriles is 1. The quantitative estimate of drug-likeness (QED) is 0.289. The molecule has 0 saturated heterocycles. The first-order chi connectivity index (χ1) is 17.1. The zero-order valence-corrected chi connectivity index (χ0v) is 19.0. The van der Waals surface area contributed by atoms with Crippen LogP contribution in [-0.4, -0.2) is 16.3 Å². The van der Waals surface area contributed by atoms with Crippen LogP contribution >= 0.6 is 0 Å². The number of aromatic nitrogens is 1. The minimum absolute atomic E-state index is 0.0496. The molecular weight excluding hydrogens is 436 g/mol. The molecule has 4 aromatic rings. The lowest BCUT2D eigenvalue weighted by molar-refractivity contribution is -0.140. The zero-order valence-electron chi connectivity index (χ0n) is 19.0. The molecule has 2 aliphatic rings. The van der Waals surface area contributed by atoms with Gasteiger partial charge in [0.1, 0.15) is 12.0 Å². The van der Waals surface area contributed by atoms with Crippen molar-refractivity contribution < 1.29 is 14.3 Å². The van der Waals surface area contributed by atoms with Crippen molar-refractivity contribution in [2.75, 3.05) is 0 Å². The summed E-state index contributed by atoms with van der Waals surface area (Å²) >= 11 is 0. The van der Waals surface area contributed by atoms with Crippen LogP contribution in [0.5, 0.6) is 0 Å². The van der Waals surface area contributed by atoms with Gasteiger partial charge in [-0.3, -0.25) is 4.79 Å². The van der Waals surface area contributed by atoms with E-state index in [4.69, 9.17) is 4.74 Å². The fourth-order valence-corrected chi connectivity index (χ4v) is 5.57. The Morgan fingerprint density at radius 1 is 0.971 bits per heavy atom. The normalized spacial score (nSPS) is 20.4. The number of hydrogen-bond donors (Lipinski definition) is 0. The molecule has 170 valence electrons. The van der Waals surface area contributed by atoms with Crippen LogP contribution in [-0.2, 0) is 22.7 Å². The molecule has 5 heteroatoms. The molecule has 0 amide bonds. The Morgan fingerprint density at radius 3 is 2.54 bits per heavy atom. The van der Waals surface area contributed by atoms with Gasteiger partial charge < -0.3 is 9.30 Å². The van der Waals surface area contributed by atoms with E-state index in [0.717, 1.165) is 27.6 Å². The van der Waals surface area contributed by atoms with Gasteiger partial charge in [0.25, 0.3) is 0 Å². The van der Waals surface area contributed by atoms with Gasteiger partial charge in [-0.1, -0.05) is 66.7 Å². The number of hydrogen-bond acceptors (Lipinski definition) is 4. The third-order valence-corrected chi connectivity index (χ3v) is 7.26. The Balaban J connectivity index is 1.39. The van der Waals surface area contributed by atoms with Gasteiger partial charge in [-0.2, -0.15) is 5.26 Å². The van der Waals surface area contributed by atoms with Gasteiger partial charge in [-0.05, 0) is 40.1 Å². The van der Waals surface area contributed by atoms with Crippen molar-refractivity contribution in [2.24, 2.45) is 5.41 Å². The molecule has 2 heterocycles. The van der Waals surface area contributed by atoms with E-state index in [-0.39, 0.29) is 18.8 Å². The second kappa shape index (κ2) is 8.11. The Morgan fingerprint density at radius 2 is 1.74 bits per heavy atom. The molecule has 3 aromatic carbocycles. The summed E-state index contributed by atoms with van der Waals surface area (Å²) in [5.41, 5.74) is 2.12. The summed E-state index contributed by atoms with van der Waals surface area (Å²) < 4.78 is 7.67. The van der Waals surface area contributed by atoms with E-state index in [1.54, 1.807) is 6.07 Å². The van der Waals surface area contributed by atoms with Gasteiger partial charge in [0, 0.05) is 41.9 Å². The van der Waals surface area contributed by atoms with Crippen LogP contribution in [0.4, 0.5) is 0 Å². The monoisotopic (exact) mass is 458 g/mol. The highest BCUT2D eigenvalue weighted by Gasteiger charge is 2.58. The van der Waals surface area contributed by atoms with Crippen LogP contribution < -0.4 is 0 Å². The average molecular weight is 459 g/mol. The Labute approximate surface area is 202 Å². The van der Waals surface area contributed by atoms with Gasteiger partial charge >= 0.3 is 5.97 Å². The number of benzene rings is 3. The summed E-state index contributed by atoms with van der Waals surface area (Å²) in [5, 5.41) is 12.5. The maximum Gasteiger partial charge on any atom is 0.334 e. The maximum atomic E-state index is 14.1. The molecule has 5 nitrogen and oxygen atoms in total. The number of nitrogens with zero attached hydrogens (tertiary/aromatic N) is 2. The number of ether oxygens (including phenoxy) is 1. The largest absolute Gasteiger partial charge is 0.457 e. The number of allylic oxidation sites excluding steroid dienone is 1. The maximum absolute atomic E-state index is 14.1. The van der Waals surface area contributed by atoms with Crippen molar-refractivity contribution >= 4 is 22.5 Å². The fourth-order valence-electron chi connectivity index (χ4n) is 5.57. The highest BCUT2D eigenvalue weighted by atomic mass is 16.5. The molecule has 35 heavy (non-hydrogen) atoms. The molecule has 0 saturated carbocycles. The Kier molecular flexibility index (Phi) is 4.89. The Bertz CT molecular complexity index is 1560. The standard InChI is InChI=1S/C30H22N2O3/c31-19-30(28(33)23-13-12-21-9-4-5-10-22(21)15-23)16-24(25-17-32-14-6-11-26(32)27(25)30)29(34)35-18-20-7-2-1-3-8-20/h1-15,27H,16-18H2. The van der Waals surface area contributed by atoms with Crippen LogP contribution in [0.25, 0.3) is 10.8 Å². The van der Waals surface area contributed by atoms with E-state index >= 15 is 0 Å². The first kappa shape index (κ1) is 21.1. The molecule has 0 fully saturated rings. The number of esters is 1. The molecular formula is C30H22N2O3. The minimum Gasteiger partial charge on any atom is -0.457 e. The van der Waals surface area contributed by atoms with E-state index < -0.39 is 17.3 Å². The molecule has 0 radical (unpaired) electrons. The first-order valence-electron chi connectivity index (χ1n) is 11.6. The molecule has 0 bridgehead atoms. The number of Topliss-reactive ketones (excluding diaryl/α,β-unsaturated/α-hetero) is 1. The van der Waals surface area contributed by atoms with Gasteiger partial charge in [-0.25, -0.2) is 4.79 Å². The van der Waals surface area contributed by atoms with E-state index in [1.165, 1.54) is 0 Å². The summed E-state index contributed by atoms with van der Waals surface area (Å²) in [4.78, 5) is 27.3. The van der Waals surface area contributed by atoms with Gasteiger partial charge in [0.05, 0.1) is 6.07 Å². The summed E-state index contributed by atoms with van der Waals surface area (Å²) in [6, 6.07) is 29.1. The molecule has 0 spiro atoms. The second-order valence-corrected chi connectivity index (χ2v) is 9.21.